The standard InChI is InChI=1S/C25H22FN5O3/c26-20-8-6-18(7-9-20)23(25-28-27-24(34-25)19-4-2-1-3-5-19)30-16-14-29(15-17-30)21-10-12-22(13-11-21)31(32)33/h1-13,23H,14-17H2/t23-/m1/s1. The molecule has 172 valence electrons. The van der Waals surface area contributed by atoms with Gasteiger partial charge in [-0.15, -0.1) is 10.2 Å². The maximum atomic E-state index is 13.6. The van der Waals surface area contributed by atoms with Crippen molar-refractivity contribution in [3.63, 3.8) is 0 Å². The summed E-state index contributed by atoms with van der Waals surface area (Å²) in [5, 5.41) is 19.5. The van der Waals surface area contributed by atoms with Crippen LogP contribution < -0.4 is 4.90 Å². The average molecular weight is 459 g/mol. The number of piperazine rings is 1. The minimum atomic E-state index is -0.400. The van der Waals surface area contributed by atoms with Gasteiger partial charge in [0, 0.05) is 49.6 Å². The van der Waals surface area contributed by atoms with Gasteiger partial charge >= 0.3 is 0 Å². The fourth-order valence-electron chi connectivity index (χ4n) is 4.22. The van der Waals surface area contributed by atoms with Crippen LogP contribution in [0.5, 0.6) is 0 Å². The molecule has 3 aromatic carbocycles. The van der Waals surface area contributed by atoms with E-state index in [2.05, 4.69) is 20.0 Å². The van der Waals surface area contributed by atoms with Gasteiger partial charge in [0.25, 0.3) is 5.69 Å². The molecule has 1 aliphatic rings. The van der Waals surface area contributed by atoms with E-state index in [1.54, 1.807) is 24.3 Å². The van der Waals surface area contributed by atoms with Crippen LogP contribution in [0.1, 0.15) is 17.5 Å². The van der Waals surface area contributed by atoms with E-state index < -0.39 is 4.92 Å². The number of nitro groups is 1. The zero-order valence-electron chi connectivity index (χ0n) is 18.3. The summed E-state index contributed by atoms with van der Waals surface area (Å²) >= 11 is 0. The molecule has 34 heavy (non-hydrogen) atoms. The lowest BCUT2D eigenvalue weighted by Gasteiger charge is -2.39. The van der Waals surface area contributed by atoms with E-state index in [9.17, 15) is 14.5 Å². The minimum absolute atomic E-state index is 0.0735. The number of anilines is 1. The third-order valence-electron chi connectivity index (χ3n) is 5.99. The van der Waals surface area contributed by atoms with Crippen LogP contribution in [0, 0.1) is 15.9 Å². The van der Waals surface area contributed by atoms with Crippen LogP contribution in [0.15, 0.2) is 83.3 Å². The second-order valence-corrected chi connectivity index (χ2v) is 8.06. The molecule has 1 saturated heterocycles. The van der Waals surface area contributed by atoms with Crippen molar-refractivity contribution in [2.45, 2.75) is 6.04 Å². The zero-order chi connectivity index (χ0) is 23.5. The predicted octanol–water partition coefficient (Wildman–Crippen LogP) is 4.70. The molecule has 1 aromatic heterocycles. The summed E-state index contributed by atoms with van der Waals surface area (Å²) in [7, 11) is 0. The highest BCUT2D eigenvalue weighted by Gasteiger charge is 2.31. The second-order valence-electron chi connectivity index (χ2n) is 8.06. The van der Waals surface area contributed by atoms with Gasteiger partial charge in [-0.3, -0.25) is 15.0 Å². The van der Waals surface area contributed by atoms with Crippen molar-refractivity contribution in [1.29, 1.82) is 0 Å². The number of aromatic nitrogens is 2. The molecule has 8 nitrogen and oxygen atoms in total. The molecule has 0 spiro atoms. The van der Waals surface area contributed by atoms with Crippen molar-refractivity contribution in [3.05, 3.63) is 106 Å². The average Bonchev–Trinajstić information content (AvgIpc) is 3.36. The largest absolute Gasteiger partial charge is 0.419 e. The summed E-state index contributed by atoms with van der Waals surface area (Å²) in [5.74, 6) is 0.586. The van der Waals surface area contributed by atoms with Gasteiger partial charge in [-0.25, -0.2) is 4.39 Å². The van der Waals surface area contributed by atoms with E-state index in [4.69, 9.17) is 4.42 Å². The van der Waals surface area contributed by atoms with E-state index in [0.717, 1.165) is 29.9 Å². The minimum Gasteiger partial charge on any atom is -0.419 e. The Hall–Kier alpha value is -4.11. The number of rotatable bonds is 6. The number of hydrogen-bond donors (Lipinski definition) is 0. The van der Waals surface area contributed by atoms with E-state index >= 15 is 0 Å². The lowest BCUT2D eigenvalue weighted by atomic mass is 10.0. The summed E-state index contributed by atoms with van der Waals surface area (Å²) in [6, 6.07) is 22.2. The molecule has 0 unspecified atom stereocenters. The van der Waals surface area contributed by atoms with Crippen LogP contribution in [0.4, 0.5) is 15.8 Å². The molecule has 0 aliphatic carbocycles. The molecular weight excluding hydrogens is 437 g/mol. The molecule has 0 amide bonds. The first-order valence-electron chi connectivity index (χ1n) is 11.0. The fraction of sp³-hybridized carbons (Fsp3) is 0.200. The maximum absolute atomic E-state index is 13.6. The fourth-order valence-corrected chi connectivity index (χ4v) is 4.22. The number of benzene rings is 3. The molecule has 0 bridgehead atoms. The molecule has 0 radical (unpaired) electrons. The zero-order valence-corrected chi connectivity index (χ0v) is 18.3. The smallest absolute Gasteiger partial charge is 0.269 e. The van der Waals surface area contributed by atoms with Crippen molar-refractivity contribution in [2.75, 3.05) is 31.1 Å². The van der Waals surface area contributed by atoms with Crippen LogP contribution in [-0.4, -0.2) is 46.2 Å². The van der Waals surface area contributed by atoms with E-state index in [-0.39, 0.29) is 17.5 Å². The lowest BCUT2D eigenvalue weighted by molar-refractivity contribution is -0.384. The van der Waals surface area contributed by atoms with Crippen LogP contribution in [0.3, 0.4) is 0 Å². The first-order chi connectivity index (χ1) is 16.6. The van der Waals surface area contributed by atoms with Gasteiger partial charge in [0.2, 0.25) is 11.8 Å². The van der Waals surface area contributed by atoms with Gasteiger partial charge < -0.3 is 9.32 Å². The predicted molar refractivity (Wildman–Crippen MR) is 125 cm³/mol. The molecule has 1 atom stereocenters. The maximum Gasteiger partial charge on any atom is 0.269 e. The number of nitrogens with zero attached hydrogens (tertiary/aromatic N) is 5. The van der Waals surface area contributed by atoms with Crippen LogP contribution >= 0.6 is 0 Å². The molecule has 2 heterocycles. The first kappa shape index (κ1) is 21.7. The summed E-state index contributed by atoms with van der Waals surface area (Å²) in [6.07, 6.45) is 0. The Labute approximate surface area is 195 Å². The van der Waals surface area contributed by atoms with Gasteiger partial charge in [-0.05, 0) is 42.0 Å². The monoisotopic (exact) mass is 459 g/mol. The van der Waals surface area contributed by atoms with Crippen LogP contribution in [-0.2, 0) is 0 Å². The lowest BCUT2D eigenvalue weighted by Crippen LogP contribution is -2.48. The van der Waals surface area contributed by atoms with E-state index in [1.165, 1.54) is 24.3 Å². The van der Waals surface area contributed by atoms with Crippen LogP contribution in [0.25, 0.3) is 11.5 Å². The highest BCUT2D eigenvalue weighted by molar-refractivity contribution is 5.52. The Morgan fingerprint density at radius 2 is 1.56 bits per heavy atom. The molecule has 0 saturated carbocycles. The topological polar surface area (TPSA) is 88.5 Å². The van der Waals surface area contributed by atoms with Crippen LogP contribution in [0.2, 0.25) is 0 Å². The van der Waals surface area contributed by atoms with Crippen molar-refractivity contribution in [3.8, 4) is 11.5 Å². The molecule has 1 aliphatic heterocycles. The Bertz CT molecular complexity index is 1250. The van der Waals surface area contributed by atoms with Gasteiger partial charge in [-0.1, -0.05) is 30.3 Å². The molecule has 4 aromatic rings. The Kier molecular flexibility index (Phi) is 6.01. The third kappa shape index (κ3) is 4.51. The highest BCUT2D eigenvalue weighted by atomic mass is 19.1. The summed E-state index contributed by atoms with van der Waals surface area (Å²) in [6.45, 7) is 2.83. The van der Waals surface area contributed by atoms with Gasteiger partial charge in [-0.2, -0.15) is 0 Å². The Balaban J connectivity index is 1.38. The van der Waals surface area contributed by atoms with Gasteiger partial charge in [0.15, 0.2) is 0 Å². The second kappa shape index (κ2) is 9.40. The third-order valence-corrected chi connectivity index (χ3v) is 5.99. The normalized spacial score (nSPS) is 15.3. The van der Waals surface area contributed by atoms with Crippen molar-refractivity contribution in [2.24, 2.45) is 0 Å². The van der Waals surface area contributed by atoms with Crippen molar-refractivity contribution in [1.82, 2.24) is 15.1 Å². The number of halogens is 1. The molecule has 0 N–H and O–H groups in total. The number of hydrogen-bond acceptors (Lipinski definition) is 7. The summed E-state index contributed by atoms with van der Waals surface area (Å²) in [5.41, 5.74) is 2.72. The van der Waals surface area contributed by atoms with Crippen molar-refractivity contribution < 1.29 is 13.7 Å². The van der Waals surface area contributed by atoms with E-state index in [0.29, 0.717) is 24.9 Å². The van der Waals surface area contributed by atoms with Crippen molar-refractivity contribution >= 4 is 11.4 Å². The van der Waals surface area contributed by atoms with Gasteiger partial charge in [0.05, 0.1) is 4.92 Å². The highest BCUT2D eigenvalue weighted by Crippen LogP contribution is 2.32. The number of nitro benzene ring substituents is 1. The number of non-ortho nitro benzene ring substituents is 1. The Morgan fingerprint density at radius 3 is 2.21 bits per heavy atom. The molecule has 1 fully saturated rings. The Morgan fingerprint density at radius 1 is 0.882 bits per heavy atom. The molecule has 9 heteroatoms. The molecular formula is C25H22FN5O3. The quantitative estimate of drug-likeness (QED) is 0.305. The van der Waals surface area contributed by atoms with Gasteiger partial charge in [0.1, 0.15) is 11.9 Å². The SMILES string of the molecule is O=[N+]([O-])c1ccc(N2CCN([C@H](c3ccc(F)cc3)c3nnc(-c4ccccc4)o3)CC2)cc1. The van der Waals surface area contributed by atoms with E-state index in [1.807, 2.05) is 30.3 Å². The summed E-state index contributed by atoms with van der Waals surface area (Å²) in [4.78, 5) is 15.0. The molecule has 5 rings (SSSR count). The first-order valence-corrected chi connectivity index (χ1v) is 11.0. The summed E-state index contributed by atoms with van der Waals surface area (Å²) < 4.78 is 19.7.